The van der Waals surface area contributed by atoms with Crippen molar-refractivity contribution in [3.63, 3.8) is 0 Å². The fourth-order valence-electron chi connectivity index (χ4n) is 4.94. The molecule has 1 aliphatic carbocycles. The minimum Gasteiger partial charge on any atom is -0.481 e. The molecule has 154 valence electrons. The first-order valence-corrected chi connectivity index (χ1v) is 10.3. The monoisotopic (exact) mass is 405 g/mol. The van der Waals surface area contributed by atoms with Gasteiger partial charge < -0.3 is 25.8 Å². The minimum absolute atomic E-state index is 0.128. The van der Waals surface area contributed by atoms with Gasteiger partial charge in [0.05, 0.1) is 5.71 Å². The van der Waals surface area contributed by atoms with Gasteiger partial charge in [-0.2, -0.15) is 0 Å². The van der Waals surface area contributed by atoms with E-state index in [1.54, 1.807) is 18.2 Å². The zero-order valence-electron chi connectivity index (χ0n) is 16.6. The number of allylic oxidation sites excluding steroid dienone is 5. The summed E-state index contributed by atoms with van der Waals surface area (Å²) in [6, 6.07) is 5.96. The van der Waals surface area contributed by atoms with E-state index in [9.17, 15) is 14.8 Å². The fraction of sp³-hybridized carbons (Fsp3) is 0.364. The first-order valence-electron chi connectivity index (χ1n) is 10.3. The van der Waals surface area contributed by atoms with E-state index >= 15 is 0 Å². The molecule has 1 unspecified atom stereocenters. The minimum atomic E-state index is -1.53. The molecule has 4 aliphatic rings. The molecule has 3 aliphatic heterocycles. The predicted octanol–water partition coefficient (Wildman–Crippen LogP) is 0.704. The Kier molecular flexibility index (Phi) is 4.74. The number of nitrogens with two attached hydrogens (primary N) is 1. The number of carbonyl (C=O) groups is 1. The third-order valence-corrected chi connectivity index (χ3v) is 6.58. The molecule has 0 amide bonds. The summed E-state index contributed by atoms with van der Waals surface area (Å²) in [5.41, 5.74) is 9.88. The number of ether oxygens (including phenoxy) is 1. The Morgan fingerprint density at radius 1 is 1.30 bits per heavy atom. The molecule has 1 atom stereocenters. The van der Waals surface area contributed by atoms with Crippen LogP contribution >= 0.6 is 0 Å². The van der Waals surface area contributed by atoms with Crippen LogP contribution in [0.3, 0.4) is 0 Å². The lowest BCUT2D eigenvalue weighted by molar-refractivity contribution is -0.124. The number of piperidine rings is 1. The Labute approximate surface area is 175 Å². The first-order chi connectivity index (χ1) is 14.5. The van der Waals surface area contributed by atoms with Gasteiger partial charge in [0.15, 0.2) is 6.10 Å². The Morgan fingerprint density at radius 3 is 2.83 bits per heavy atom. The maximum atomic E-state index is 13.6. The van der Waals surface area contributed by atoms with Gasteiger partial charge in [0.25, 0.3) is 0 Å². The van der Waals surface area contributed by atoms with Gasteiger partial charge in [0.2, 0.25) is 5.78 Å². The molecule has 30 heavy (non-hydrogen) atoms. The van der Waals surface area contributed by atoms with E-state index in [2.05, 4.69) is 16.4 Å². The molecule has 1 spiro atoms. The quantitative estimate of drug-likeness (QED) is 0.548. The van der Waals surface area contributed by atoms with Crippen molar-refractivity contribution < 1.29 is 19.6 Å². The Balaban J connectivity index is 1.50. The highest BCUT2D eigenvalue weighted by molar-refractivity contribution is 6.52. The van der Waals surface area contributed by atoms with Gasteiger partial charge in [-0.15, -0.1) is 0 Å². The Bertz CT molecular complexity index is 1030. The second-order valence-corrected chi connectivity index (χ2v) is 8.27. The highest BCUT2D eigenvalue weighted by atomic mass is 16.5. The standard InChI is InChI=1S/C22H24BN3O4/c24-12-13-1-4-19-16(9-13)22(5-7-25-8-6-22)21(30-19)20(27)18-11-14-10-15(23(28)29)2-3-17(14)26-18/h1-2,4,9-11,21,25,28-29H,3,5-8,12,24H2. The van der Waals surface area contributed by atoms with Gasteiger partial charge in [-0.25, -0.2) is 4.99 Å². The van der Waals surface area contributed by atoms with Crippen LogP contribution in [-0.4, -0.2) is 47.9 Å². The van der Waals surface area contributed by atoms with E-state index in [4.69, 9.17) is 10.5 Å². The van der Waals surface area contributed by atoms with Crippen molar-refractivity contribution in [1.29, 1.82) is 0 Å². The van der Waals surface area contributed by atoms with Crippen LogP contribution in [0, 0.1) is 0 Å². The van der Waals surface area contributed by atoms with Crippen molar-refractivity contribution in [3.8, 4) is 5.75 Å². The largest absolute Gasteiger partial charge is 0.488 e. The molecule has 1 fully saturated rings. The summed E-state index contributed by atoms with van der Waals surface area (Å²) in [6.45, 7) is 2.08. The average molecular weight is 405 g/mol. The Hall–Kier alpha value is -2.52. The first kappa shape index (κ1) is 19.4. The molecule has 8 heteroatoms. The van der Waals surface area contributed by atoms with Gasteiger partial charge in [-0.3, -0.25) is 4.79 Å². The molecular formula is C22H24BN3O4. The number of fused-ring (bicyclic) bond motifs is 3. The fourth-order valence-corrected chi connectivity index (χ4v) is 4.94. The third kappa shape index (κ3) is 2.99. The molecule has 1 saturated heterocycles. The van der Waals surface area contributed by atoms with Crippen molar-refractivity contribution in [2.45, 2.75) is 37.3 Å². The van der Waals surface area contributed by atoms with Crippen LogP contribution in [0.1, 0.15) is 30.4 Å². The van der Waals surface area contributed by atoms with Crippen LogP contribution in [0.25, 0.3) is 0 Å². The number of rotatable bonds is 4. The van der Waals surface area contributed by atoms with Crippen LogP contribution in [0.2, 0.25) is 0 Å². The van der Waals surface area contributed by atoms with Gasteiger partial charge in [0, 0.05) is 23.9 Å². The molecule has 5 rings (SSSR count). The number of nitrogens with zero attached hydrogens (tertiary/aromatic N) is 1. The number of benzene rings is 1. The average Bonchev–Trinajstić information content (AvgIpc) is 3.33. The van der Waals surface area contributed by atoms with Crippen LogP contribution in [-0.2, 0) is 16.8 Å². The van der Waals surface area contributed by atoms with Crippen molar-refractivity contribution in [2.24, 2.45) is 10.7 Å². The lowest BCUT2D eigenvalue weighted by Gasteiger charge is -2.37. The highest BCUT2D eigenvalue weighted by Crippen LogP contribution is 2.50. The normalized spacial score (nSPS) is 23.6. The molecule has 0 bridgehead atoms. The topological polar surface area (TPSA) is 117 Å². The molecule has 3 heterocycles. The molecule has 0 saturated carbocycles. The Morgan fingerprint density at radius 2 is 2.10 bits per heavy atom. The SMILES string of the molecule is NCc1ccc2c(c1)C1(CCNCC1)C(C(=O)C1=CC3=CC(B(O)O)=CCC3=N1)O2. The molecule has 0 radical (unpaired) electrons. The highest BCUT2D eigenvalue weighted by Gasteiger charge is 2.53. The van der Waals surface area contributed by atoms with Crippen LogP contribution < -0.4 is 15.8 Å². The summed E-state index contributed by atoms with van der Waals surface area (Å²) in [4.78, 5) is 18.2. The van der Waals surface area contributed by atoms with E-state index in [0.29, 0.717) is 24.1 Å². The van der Waals surface area contributed by atoms with Crippen molar-refractivity contribution >= 4 is 18.6 Å². The van der Waals surface area contributed by atoms with Gasteiger partial charge >= 0.3 is 7.12 Å². The van der Waals surface area contributed by atoms with Crippen molar-refractivity contribution in [3.05, 3.63) is 64.3 Å². The molecule has 0 aromatic heterocycles. The van der Waals surface area contributed by atoms with Crippen LogP contribution in [0.15, 0.2) is 58.2 Å². The molecule has 1 aromatic rings. The van der Waals surface area contributed by atoms with E-state index in [1.807, 2.05) is 12.1 Å². The second kappa shape index (κ2) is 7.32. The van der Waals surface area contributed by atoms with E-state index in [1.165, 1.54) is 0 Å². The third-order valence-electron chi connectivity index (χ3n) is 6.58. The number of ketones is 1. The summed E-state index contributed by atoms with van der Waals surface area (Å²) in [5, 5.41) is 22.3. The maximum absolute atomic E-state index is 13.6. The number of nitrogens with one attached hydrogen (secondary N) is 1. The zero-order chi connectivity index (χ0) is 20.9. The number of Topliss-reactive ketones (excluding diaryl/α,β-unsaturated/α-hetero) is 1. The second-order valence-electron chi connectivity index (χ2n) is 8.27. The number of hydrogen-bond acceptors (Lipinski definition) is 7. The lowest BCUT2D eigenvalue weighted by atomic mass is 9.68. The summed E-state index contributed by atoms with van der Waals surface area (Å²) < 4.78 is 6.25. The van der Waals surface area contributed by atoms with E-state index in [-0.39, 0.29) is 5.78 Å². The van der Waals surface area contributed by atoms with Crippen molar-refractivity contribution in [1.82, 2.24) is 5.32 Å². The molecule has 7 nitrogen and oxygen atoms in total. The molecule has 5 N–H and O–H groups in total. The van der Waals surface area contributed by atoms with E-state index < -0.39 is 18.6 Å². The smallest absolute Gasteiger partial charge is 0.481 e. The summed E-state index contributed by atoms with van der Waals surface area (Å²) in [5.74, 6) is 0.624. The van der Waals surface area contributed by atoms with Crippen LogP contribution in [0.4, 0.5) is 0 Å². The molecular weight excluding hydrogens is 381 g/mol. The number of hydrogen-bond donors (Lipinski definition) is 4. The van der Waals surface area contributed by atoms with Gasteiger partial charge in [-0.1, -0.05) is 24.3 Å². The van der Waals surface area contributed by atoms with Crippen molar-refractivity contribution in [2.75, 3.05) is 13.1 Å². The van der Waals surface area contributed by atoms with Gasteiger partial charge in [-0.05, 0) is 54.7 Å². The summed E-state index contributed by atoms with van der Waals surface area (Å²) in [6.07, 6.45) is 6.57. The predicted molar refractivity (Wildman–Crippen MR) is 114 cm³/mol. The van der Waals surface area contributed by atoms with Crippen LogP contribution in [0.5, 0.6) is 5.75 Å². The van der Waals surface area contributed by atoms with Gasteiger partial charge in [0.1, 0.15) is 11.4 Å². The zero-order valence-corrected chi connectivity index (χ0v) is 16.6. The molecule has 1 aromatic carbocycles. The number of carbonyl (C=O) groups excluding carboxylic acids is 1. The number of aliphatic imine (C=N–C) groups is 1. The van der Waals surface area contributed by atoms with E-state index in [0.717, 1.165) is 54.1 Å². The summed E-state index contributed by atoms with van der Waals surface area (Å²) >= 11 is 0. The lowest BCUT2D eigenvalue weighted by Crippen LogP contribution is -2.50. The maximum Gasteiger partial charge on any atom is 0.488 e. The summed E-state index contributed by atoms with van der Waals surface area (Å²) in [7, 11) is -1.53.